The summed E-state index contributed by atoms with van der Waals surface area (Å²) < 4.78 is 0. The molecule has 25 heavy (non-hydrogen) atoms. The normalized spacial score (nSPS) is 16.2. The Hall–Kier alpha value is -2.24. The molecule has 3 rings (SSSR count). The highest BCUT2D eigenvalue weighted by Gasteiger charge is 2.27. The number of halogens is 2. The summed E-state index contributed by atoms with van der Waals surface area (Å²) in [5.41, 5.74) is 2.56. The van der Waals surface area contributed by atoms with Gasteiger partial charge in [-0.2, -0.15) is 5.10 Å². The van der Waals surface area contributed by atoms with Crippen molar-refractivity contribution < 1.29 is 5.11 Å². The highest BCUT2D eigenvalue weighted by molar-refractivity contribution is 6.30. The van der Waals surface area contributed by atoms with Crippen LogP contribution in [0.2, 0.25) is 5.02 Å². The number of phenolic OH excluding ortho intramolecular Hbond substituents is 1. The molecule has 0 amide bonds. The van der Waals surface area contributed by atoms with Gasteiger partial charge >= 0.3 is 0 Å². The molecule has 0 spiro atoms. The van der Waals surface area contributed by atoms with Crippen LogP contribution in [-0.4, -0.2) is 28.3 Å². The predicted molar refractivity (Wildman–Crippen MR) is 104 cm³/mol. The van der Waals surface area contributed by atoms with Gasteiger partial charge in [0.1, 0.15) is 5.75 Å². The molecule has 0 saturated heterocycles. The van der Waals surface area contributed by atoms with Crippen molar-refractivity contribution in [3.05, 3.63) is 64.7 Å². The van der Waals surface area contributed by atoms with Crippen LogP contribution in [0.5, 0.6) is 5.75 Å². The SMILES string of the molecule is CC1CN(C(=N)NCc2ccc(Cl)cc2)N=C1c1ccccc1O.Cl. The summed E-state index contributed by atoms with van der Waals surface area (Å²) in [5, 5.41) is 28.1. The minimum absolute atomic E-state index is 0. The number of para-hydroxylation sites is 1. The van der Waals surface area contributed by atoms with Crippen molar-refractivity contribution in [1.29, 1.82) is 5.41 Å². The lowest BCUT2D eigenvalue weighted by Gasteiger charge is -2.16. The Morgan fingerprint density at radius 2 is 1.96 bits per heavy atom. The van der Waals surface area contributed by atoms with Crippen molar-refractivity contribution in [3.8, 4) is 5.75 Å². The maximum absolute atomic E-state index is 10.0. The Labute approximate surface area is 158 Å². The van der Waals surface area contributed by atoms with Crippen LogP contribution in [0.4, 0.5) is 0 Å². The summed E-state index contributed by atoms with van der Waals surface area (Å²) in [6, 6.07) is 14.7. The lowest BCUT2D eigenvalue weighted by Crippen LogP contribution is -2.36. The third-order valence-electron chi connectivity index (χ3n) is 3.95. The molecule has 0 radical (unpaired) electrons. The molecule has 2 aromatic rings. The summed E-state index contributed by atoms with van der Waals surface area (Å²) >= 11 is 5.87. The molecule has 2 aromatic carbocycles. The van der Waals surface area contributed by atoms with Gasteiger partial charge in [0.2, 0.25) is 5.96 Å². The largest absolute Gasteiger partial charge is 0.507 e. The third kappa shape index (κ3) is 4.44. The molecule has 1 aliphatic rings. The fraction of sp³-hybridized carbons (Fsp3) is 0.222. The fourth-order valence-electron chi connectivity index (χ4n) is 2.65. The van der Waals surface area contributed by atoms with E-state index in [9.17, 15) is 5.11 Å². The average Bonchev–Trinajstić information content (AvgIpc) is 2.96. The molecule has 0 saturated carbocycles. The van der Waals surface area contributed by atoms with Crippen LogP contribution < -0.4 is 5.32 Å². The van der Waals surface area contributed by atoms with Crippen molar-refractivity contribution in [2.75, 3.05) is 6.54 Å². The van der Waals surface area contributed by atoms with Gasteiger partial charge in [-0.05, 0) is 29.8 Å². The van der Waals surface area contributed by atoms with E-state index in [4.69, 9.17) is 17.0 Å². The first-order valence-electron chi connectivity index (χ1n) is 7.76. The van der Waals surface area contributed by atoms with Crippen molar-refractivity contribution in [2.24, 2.45) is 11.0 Å². The first-order chi connectivity index (χ1) is 11.5. The Morgan fingerprint density at radius 3 is 2.64 bits per heavy atom. The van der Waals surface area contributed by atoms with Crippen LogP contribution in [0.15, 0.2) is 53.6 Å². The minimum Gasteiger partial charge on any atom is -0.507 e. The van der Waals surface area contributed by atoms with Crippen LogP contribution in [0, 0.1) is 11.3 Å². The van der Waals surface area contributed by atoms with Gasteiger partial charge in [0.05, 0.1) is 12.3 Å². The molecule has 1 atom stereocenters. The van der Waals surface area contributed by atoms with Crippen molar-refractivity contribution in [3.63, 3.8) is 0 Å². The van der Waals surface area contributed by atoms with E-state index >= 15 is 0 Å². The Bertz CT molecular complexity index is 777. The quantitative estimate of drug-likeness (QED) is 0.560. The van der Waals surface area contributed by atoms with Crippen molar-refractivity contribution >= 4 is 35.7 Å². The molecule has 3 N–H and O–H groups in total. The van der Waals surface area contributed by atoms with E-state index in [1.807, 2.05) is 43.3 Å². The monoisotopic (exact) mass is 378 g/mol. The maximum Gasteiger partial charge on any atom is 0.212 e. The fourth-order valence-corrected chi connectivity index (χ4v) is 2.77. The lowest BCUT2D eigenvalue weighted by atomic mass is 9.99. The molecular formula is C18H20Cl2N4O. The second kappa shape index (κ2) is 8.23. The highest BCUT2D eigenvalue weighted by Crippen LogP contribution is 2.25. The van der Waals surface area contributed by atoms with Crippen LogP contribution >= 0.6 is 24.0 Å². The second-order valence-corrected chi connectivity index (χ2v) is 6.25. The van der Waals surface area contributed by atoms with E-state index < -0.39 is 0 Å². The van der Waals surface area contributed by atoms with Crippen molar-refractivity contribution in [2.45, 2.75) is 13.5 Å². The molecule has 132 valence electrons. The Morgan fingerprint density at radius 1 is 1.28 bits per heavy atom. The van der Waals surface area contributed by atoms with Gasteiger partial charge < -0.3 is 10.4 Å². The number of guanidine groups is 1. The lowest BCUT2D eigenvalue weighted by molar-refractivity contribution is 0.434. The zero-order valence-corrected chi connectivity index (χ0v) is 15.3. The molecule has 0 bridgehead atoms. The zero-order valence-electron chi connectivity index (χ0n) is 13.7. The first-order valence-corrected chi connectivity index (χ1v) is 8.13. The van der Waals surface area contributed by atoms with Crippen LogP contribution in [-0.2, 0) is 6.54 Å². The highest BCUT2D eigenvalue weighted by atomic mass is 35.5. The smallest absolute Gasteiger partial charge is 0.212 e. The zero-order chi connectivity index (χ0) is 17.1. The Balaban J connectivity index is 0.00000225. The van der Waals surface area contributed by atoms with E-state index in [0.717, 1.165) is 16.8 Å². The number of rotatable bonds is 3. The average molecular weight is 379 g/mol. The number of hydrazone groups is 1. The first kappa shape index (κ1) is 19.1. The minimum atomic E-state index is 0. The number of nitrogens with zero attached hydrogens (tertiary/aromatic N) is 2. The summed E-state index contributed by atoms with van der Waals surface area (Å²) in [5.74, 6) is 0.587. The molecule has 1 unspecified atom stereocenters. The van der Waals surface area contributed by atoms with Gasteiger partial charge in [-0.25, -0.2) is 5.01 Å². The Kier molecular flexibility index (Phi) is 6.28. The molecule has 1 heterocycles. The van der Waals surface area contributed by atoms with Crippen LogP contribution in [0.3, 0.4) is 0 Å². The van der Waals surface area contributed by atoms with Gasteiger partial charge in [-0.1, -0.05) is 42.8 Å². The van der Waals surface area contributed by atoms with Gasteiger partial charge in [0, 0.05) is 23.0 Å². The number of phenols is 1. The topological polar surface area (TPSA) is 71.7 Å². The van der Waals surface area contributed by atoms with E-state index in [1.165, 1.54) is 0 Å². The third-order valence-corrected chi connectivity index (χ3v) is 4.21. The predicted octanol–water partition coefficient (Wildman–Crippen LogP) is 3.85. The van der Waals surface area contributed by atoms with Gasteiger partial charge in [0.25, 0.3) is 0 Å². The molecule has 7 heteroatoms. The second-order valence-electron chi connectivity index (χ2n) is 5.81. The standard InChI is InChI=1S/C18H19ClN4O.ClH/c1-12-11-23(22-17(12)15-4-2-3-5-16(15)24)18(20)21-10-13-6-8-14(19)9-7-13;/h2-9,12,24H,10-11H2,1H3,(H2,20,21);1H. The summed E-state index contributed by atoms with van der Waals surface area (Å²) in [7, 11) is 0. The molecule has 0 aliphatic carbocycles. The molecule has 1 aliphatic heterocycles. The summed E-state index contributed by atoms with van der Waals surface area (Å²) in [6.45, 7) is 3.18. The molecule has 0 fully saturated rings. The number of hydrogen-bond acceptors (Lipinski definition) is 3. The summed E-state index contributed by atoms with van der Waals surface area (Å²) in [6.07, 6.45) is 0. The van der Waals surface area contributed by atoms with Crippen molar-refractivity contribution in [1.82, 2.24) is 10.3 Å². The number of hydrogen-bond donors (Lipinski definition) is 3. The van der Waals surface area contributed by atoms with E-state index in [0.29, 0.717) is 18.1 Å². The maximum atomic E-state index is 10.0. The van der Waals surface area contributed by atoms with Gasteiger partial charge in [0.15, 0.2) is 0 Å². The molecular weight excluding hydrogens is 359 g/mol. The van der Waals surface area contributed by atoms with Crippen LogP contribution in [0.25, 0.3) is 0 Å². The number of aromatic hydroxyl groups is 1. The van der Waals surface area contributed by atoms with Gasteiger partial charge in [-0.3, -0.25) is 5.41 Å². The summed E-state index contributed by atoms with van der Waals surface area (Å²) in [4.78, 5) is 0. The van der Waals surface area contributed by atoms with Crippen LogP contribution in [0.1, 0.15) is 18.1 Å². The van der Waals surface area contributed by atoms with E-state index in [2.05, 4.69) is 10.4 Å². The molecule has 5 nitrogen and oxygen atoms in total. The molecule has 0 aromatic heterocycles. The van der Waals surface area contributed by atoms with E-state index in [-0.39, 0.29) is 30.0 Å². The number of benzene rings is 2. The van der Waals surface area contributed by atoms with Gasteiger partial charge in [-0.15, -0.1) is 12.4 Å². The number of nitrogens with one attached hydrogen (secondary N) is 2. The van der Waals surface area contributed by atoms with E-state index in [1.54, 1.807) is 17.1 Å².